The Bertz CT molecular complexity index is 1410. The second kappa shape index (κ2) is 7.51. The Morgan fingerprint density at radius 1 is 0.833 bits per heavy atom. The third-order valence-electron chi connectivity index (χ3n) is 4.38. The number of anilines is 1. The van der Waals surface area contributed by atoms with Crippen molar-refractivity contribution in [3.63, 3.8) is 0 Å². The second-order valence-electron chi connectivity index (χ2n) is 6.67. The molecule has 3 aromatic carbocycles. The van der Waals surface area contributed by atoms with Crippen LogP contribution in [0.25, 0.3) is 11.0 Å². The SMILES string of the molecule is O=S(=O)(Cc1cccc(O)c1)c1cccc(NS(=O)(=O)c2cc3ccccc3o2)c1. The molecular formula is C21H17NO6S2. The molecule has 0 saturated heterocycles. The highest BCUT2D eigenvalue weighted by atomic mass is 32.2. The van der Waals surface area contributed by atoms with Gasteiger partial charge in [-0.15, -0.1) is 0 Å². The number of nitrogens with one attached hydrogen (secondary N) is 1. The minimum atomic E-state index is -4.05. The Morgan fingerprint density at radius 3 is 2.37 bits per heavy atom. The van der Waals surface area contributed by atoms with Crippen molar-refractivity contribution < 1.29 is 26.4 Å². The zero-order valence-electron chi connectivity index (χ0n) is 15.5. The molecule has 0 unspecified atom stereocenters. The summed E-state index contributed by atoms with van der Waals surface area (Å²) in [5, 5.41) is 9.90. The lowest BCUT2D eigenvalue weighted by Gasteiger charge is -2.09. The molecule has 0 aliphatic heterocycles. The maximum absolute atomic E-state index is 12.7. The number of phenolic OH excluding ortho intramolecular Hbond substituents is 1. The van der Waals surface area contributed by atoms with Crippen LogP contribution in [0.4, 0.5) is 5.69 Å². The van der Waals surface area contributed by atoms with E-state index in [1.165, 1.54) is 42.5 Å². The number of sulfonamides is 1. The Kier molecular flexibility index (Phi) is 5.00. The largest absolute Gasteiger partial charge is 0.508 e. The van der Waals surface area contributed by atoms with E-state index in [0.29, 0.717) is 16.5 Å². The monoisotopic (exact) mass is 443 g/mol. The lowest BCUT2D eigenvalue weighted by molar-refractivity contribution is 0.475. The standard InChI is InChI=1S/C21H17NO6S2/c23-18-8-3-5-15(11-18)14-29(24,25)19-9-4-7-17(13-19)22-30(26,27)21-12-16-6-1-2-10-20(16)28-21/h1-13,22-23H,14H2. The molecule has 9 heteroatoms. The van der Waals surface area contributed by atoms with Crippen LogP contribution in [0.2, 0.25) is 0 Å². The summed E-state index contributed by atoms with van der Waals surface area (Å²) < 4.78 is 58.6. The summed E-state index contributed by atoms with van der Waals surface area (Å²) in [6.45, 7) is 0. The van der Waals surface area contributed by atoms with E-state index in [1.54, 1.807) is 36.4 Å². The third-order valence-corrected chi connectivity index (χ3v) is 7.30. The lowest BCUT2D eigenvalue weighted by Crippen LogP contribution is -2.13. The molecular weight excluding hydrogens is 426 g/mol. The van der Waals surface area contributed by atoms with E-state index < -0.39 is 19.9 Å². The molecule has 0 saturated carbocycles. The Hall–Kier alpha value is -3.30. The van der Waals surface area contributed by atoms with E-state index in [9.17, 15) is 21.9 Å². The average Bonchev–Trinajstić information content (AvgIpc) is 3.13. The topological polar surface area (TPSA) is 114 Å². The van der Waals surface area contributed by atoms with E-state index in [-0.39, 0.29) is 27.2 Å². The van der Waals surface area contributed by atoms with Crippen molar-refractivity contribution in [3.05, 3.63) is 84.4 Å². The first-order valence-corrected chi connectivity index (χ1v) is 12.0. The quantitative estimate of drug-likeness (QED) is 0.467. The summed E-state index contributed by atoms with van der Waals surface area (Å²) >= 11 is 0. The number of hydrogen-bond donors (Lipinski definition) is 2. The second-order valence-corrected chi connectivity index (χ2v) is 10.3. The minimum Gasteiger partial charge on any atom is -0.508 e. The van der Waals surface area contributed by atoms with Gasteiger partial charge < -0.3 is 9.52 Å². The van der Waals surface area contributed by atoms with Crippen molar-refractivity contribution in [2.45, 2.75) is 15.7 Å². The number of fused-ring (bicyclic) bond motifs is 1. The summed E-state index contributed by atoms with van der Waals surface area (Å²) in [6.07, 6.45) is 0. The molecule has 7 nitrogen and oxygen atoms in total. The fourth-order valence-electron chi connectivity index (χ4n) is 3.00. The van der Waals surface area contributed by atoms with Crippen molar-refractivity contribution in [1.29, 1.82) is 0 Å². The minimum absolute atomic E-state index is 0.0324. The summed E-state index contributed by atoms with van der Waals surface area (Å²) in [5.74, 6) is -0.365. The van der Waals surface area contributed by atoms with Gasteiger partial charge in [-0.2, -0.15) is 8.42 Å². The number of para-hydroxylation sites is 1. The molecule has 30 heavy (non-hydrogen) atoms. The van der Waals surface area contributed by atoms with Crippen LogP contribution in [0.5, 0.6) is 5.75 Å². The zero-order valence-corrected chi connectivity index (χ0v) is 17.2. The number of phenols is 1. The maximum atomic E-state index is 12.7. The smallest absolute Gasteiger partial charge is 0.295 e. The highest BCUT2D eigenvalue weighted by molar-refractivity contribution is 7.92. The molecule has 0 fully saturated rings. The number of sulfone groups is 1. The van der Waals surface area contributed by atoms with Gasteiger partial charge in [-0.05, 0) is 42.0 Å². The van der Waals surface area contributed by atoms with Gasteiger partial charge in [0, 0.05) is 11.5 Å². The first-order chi connectivity index (χ1) is 14.2. The summed E-state index contributed by atoms with van der Waals surface area (Å²) in [4.78, 5) is -0.0457. The fraction of sp³-hybridized carbons (Fsp3) is 0.0476. The molecule has 4 rings (SSSR count). The highest BCUT2D eigenvalue weighted by Crippen LogP contribution is 2.26. The average molecular weight is 444 g/mol. The van der Waals surface area contributed by atoms with Crippen molar-refractivity contribution >= 4 is 36.5 Å². The van der Waals surface area contributed by atoms with Gasteiger partial charge in [0.1, 0.15) is 11.3 Å². The van der Waals surface area contributed by atoms with Gasteiger partial charge in [0.25, 0.3) is 10.0 Å². The number of furan rings is 1. The van der Waals surface area contributed by atoms with E-state index >= 15 is 0 Å². The molecule has 0 aliphatic rings. The molecule has 0 amide bonds. The van der Waals surface area contributed by atoms with Crippen LogP contribution >= 0.6 is 0 Å². The normalized spacial score (nSPS) is 12.1. The number of benzene rings is 3. The van der Waals surface area contributed by atoms with Crippen LogP contribution in [-0.4, -0.2) is 21.9 Å². The Labute approximate surface area is 173 Å². The van der Waals surface area contributed by atoms with Gasteiger partial charge in [0.05, 0.1) is 16.3 Å². The third kappa shape index (κ3) is 4.17. The number of hydrogen-bond acceptors (Lipinski definition) is 6. The van der Waals surface area contributed by atoms with Crippen LogP contribution in [0.15, 0.2) is 93.3 Å². The van der Waals surface area contributed by atoms with Crippen molar-refractivity contribution in [3.8, 4) is 5.75 Å². The number of rotatable bonds is 6. The lowest BCUT2D eigenvalue weighted by atomic mass is 10.2. The van der Waals surface area contributed by atoms with Gasteiger partial charge in [-0.3, -0.25) is 4.72 Å². The summed E-state index contributed by atoms with van der Waals surface area (Å²) in [6, 6.07) is 19.8. The molecule has 1 aromatic heterocycles. The molecule has 1 heterocycles. The van der Waals surface area contributed by atoms with Gasteiger partial charge >= 0.3 is 0 Å². The first kappa shape index (κ1) is 20.0. The van der Waals surface area contributed by atoms with Gasteiger partial charge in [0.2, 0.25) is 5.09 Å². The molecule has 2 N–H and O–H groups in total. The van der Waals surface area contributed by atoms with Crippen LogP contribution in [0.3, 0.4) is 0 Å². The molecule has 4 aromatic rings. The van der Waals surface area contributed by atoms with Crippen molar-refractivity contribution in [2.24, 2.45) is 0 Å². The van der Waals surface area contributed by atoms with Gasteiger partial charge in [-0.1, -0.05) is 36.4 Å². The van der Waals surface area contributed by atoms with Crippen molar-refractivity contribution in [1.82, 2.24) is 0 Å². The van der Waals surface area contributed by atoms with E-state index in [1.807, 2.05) is 0 Å². The van der Waals surface area contributed by atoms with Crippen LogP contribution in [-0.2, 0) is 25.6 Å². The summed E-state index contributed by atoms with van der Waals surface area (Å²) in [7, 11) is -7.81. The van der Waals surface area contributed by atoms with Crippen LogP contribution in [0, 0.1) is 0 Å². The maximum Gasteiger partial charge on any atom is 0.295 e. The first-order valence-electron chi connectivity index (χ1n) is 8.85. The predicted octanol–water partition coefficient (Wildman–Crippen LogP) is 3.91. The Morgan fingerprint density at radius 2 is 1.60 bits per heavy atom. The summed E-state index contributed by atoms with van der Waals surface area (Å²) in [5.41, 5.74) is 0.941. The molecule has 0 bridgehead atoms. The van der Waals surface area contributed by atoms with E-state index in [0.717, 1.165) is 0 Å². The van der Waals surface area contributed by atoms with E-state index in [2.05, 4.69) is 4.72 Å². The van der Waals surface area contributed by atoms with Gasteiger partial charge in [-0.25, -0.2) is 8.42 Å². The molecule has 0 aliphatic carbocycles. The van der Waals surface area contributed by atoms with Crippen molar-refractivity contribution in [2.75, 3.05) is 4.72 Å². The molecule has 0 radical (unpaired) electrons. The fourth-order valence-corrected chi connectivity index (χ4v) is 5.39. The zero-order chi connectivity index (χ0) is 21.4. The van der Waals surface area contributed by atoms with Gasteiger partial charge in [0.15, 0.2) is 9.84 Å². The number of aromatic hydroxyl groups is 1. The van der Waals surface area contributed by atoms with Crippen LogP contribution < -0.4 is 4.72 Å². The van der Waals surface area contributed by atoms with Crippen LogP contribution in [0.1, 0.15) is 5.56 Å². The van der Waals surface area contributed by atoms with E-state index in [4.69, 9.17) is 4.42 Å². The molecule has 0 atom stereocenters. The predicted molar refractivity (Wildman–Crippen MR) is 112 cm³/mol. The highest BCUT2D eigenvalue weighted by Gasteiger charge is 2.21. The molecule has 0 spiro atoms. The molecule has 154 valence electrons. The Balaban J connectivity index is 1.61.